The highest BCUT2D eigenvalue weighted by Gasteiger charge is 2.20. The van der Waals surface area contributed by atoms with Crippen LogP contribution in [0.4, 0.5) is 0 Å². The summed E-state index contributed by atoms with van der Waals surface area (Å²) in [5.74, 6) is 0. The molecule has 13 heavy (non-hydrogen) atoms. The van der Waals surface area contributed by atoms with Gasteiger partial charge in [-0.1, -0.05) is 0 Å². The SMILES string of the molecule is Cc1cnn(C[C@H]2CCCN2C)c1. The molecule has 1 atom stereocenters. The van der Waals surface area contributed by atoms with Crippen LogP contribution in [0.3, 0.4) is 0 Å². The van der Waals surface area contributed by atoms with Crippen LogP contribution in [0.1, 0.15) is 18.4 Å². The van der Waals surface area contributed by atoms with Crippen LogP contribution in [0, 0.1) is 6.92 Å². The highest BCUT2D eigenvalue weighted by atomic mass is 15.3. The molecule has 3 nitrogen and oxygen atoms in total. The first-order valence-corrected chi connectivity index (χ1v) is 4.95. The van der Waals surface area contributed by atoms with E-state index in [0.717, 1.165) is 6.54 Å². The van der Waals surface area contributed by atoms with Crippen LogP contribution in [0.2, 0.25) is 0 Å². The van der Waals surface area contributed by atoms with Gasteiger partial charge in [0.1, 0.15) is 0 Å². The molecule has 2 heterocycles. The number of rotatable bonds is 2. The fraction of sp³-hybridized carbons (Fsp3) is 0.700. The van der Waals surface area contributed by atoms with Gasteiger partial charge in [-0.2, -0.15) is 5.10 Å². The lowest BCUT2D eigenvalue weighted by Gasteiger charge is -2.18. The van der Waals surface area contributed by atoms with Crippen LogP contribution >= 0.6 is 0 Å². The third kappa shape index (κ3) is 1.91. The van der Waals surface area contributed by atoms with E-state index >= 15 is 0 Å². The van der Waals surface area contributed by atoms with Gasteiger partial charge >= 0.3 is 0 Å². The molecule has 0 bridgehead atoms. The summed E-state index contributed by atoms with van der Waals surface area (Å²) in [5.41, 5.74) is 1.25. The van der Waals surface area contributed by atoms with E-state index in [1.807, 2.05) is 6.20 Å². The quantitative estimate of drug-likeness (QED) is 0.682. The number of aryl methyl sites for hydroxylation is 1. The zero-order chi connectivity index (χ0) is 9.26. The van der Waals surface area contributed by atoms with Gasteiger partial charge in [-0.05, 0) is 38.9 Å². The van der Waals surface area contributed by atoms with Gasteiger partial charge in [0.15, 0.2) is 0 Å². The molecule has 1 aromatic heterocycles. The molecule has 0 N–H and O–H groups in total. The molecule has 1 saturated heterocycles. The average Bonchev–Trinajstić information content (AvgIpc) is 2.64. The first kappa shape index (κ1) is 8.75. The summed E-state index contributed by atoms with van der Waals surface area (Å²) in [6.07, 6.45) is 6.69. The predicted octanol–water partition coefficient (Wildman–Crippen LogP) is 1.29. The molecule has 0 radical (unpaired) electrons. The lowest BCUT2D eigenvalue weighted by atomic mass is 10.2. The van der Waals surface area contributed by atoms with Gasteiger partial charge in [0, 0.05) is 12.2 Å². The van der Waals surface area contributed by atoms with Crippen molar-refractivity contribution in [1.82, 2.24) is 14.7 Å². The Kier molecular flexibility index (Phi) is 2.36. The number of aromatic nitrogens is 2. The normalized spacial score (nSPS) is 24.0. The number of likely N-dealkylation sites (tertiary alicyclic amines) is 1. The highest BCUT2D eigenvalue weighted by Crippen LogP contribution is 2.16. The Bertz CT molecular complexity index is 279. The molecule has 0 saturated carbocycles. The van der Waals surface area contributed by atoms with E-state index in [1.165, 1.54) is 24.9 Å². The molecule has 0 amide bonds. The Labute approximate surface area is 79.3 Å². The number of nitrogens with zero attached hydrogens (tertiary/aromatic N) is 3. The molecule has 0 aromatic carbocycles. The van der Waals surface area contributed by atoms with Gasteiger partial charge < -0.3 is 4.90 Å². The first-order chi connectivity index (χ1) is 6.25. The van der Waals surface area contributed by atoms with E-state index in [2.05, 4.69) is 34.8 Å². The van der Waals surface area contributed by atoms with Crippen molar-refractivity contribution in [2.75, 3.05) is 13.6 Å². The summed E-state index contributed by atoms with van der Waals surface area (Å²) in [7, 11) is 2.20. The number of hydrogen-bond donors (Lipinski definition) is 0. The summed E-state index contributed by atoms with van der Waals surface area (Å²) >= 11 is 0. The number of likely N-dealkylation sites (N-methyl/N-ethyl adjacent to an activating group) is 1. The van der Waals surface area contributed by atoms with Crippen molar-refractivity contribution in [1.29, 1.82) is 0 Å². The van der Waals surface area contributed by atoms with E-state index in [9.17, 15) is 0 Å². The maximum Gasteiger partial charge on any atom is 0.0564 e. The fourth-order valence-corrected chi connectivity index (χ4v) is 1.99. The van der Waals surface area contributed by atoms with Crippen molar-refractivity contribution in [3.05, 3.63) is 18.0 Å². The molecule has 1 aliphatic rings. The lowest BCUT2D eigenvalue weighted by Crippen LogP contribution is -2.29. The van der Waals surface area contributed by atoms with Gasteiger partial charge in [-0.25, -0.2) is 0 Å². The van der Waals surface area contributed by atoms with E-state index < -0.39 is 0 Å². The Morgan fingerprint density at radius 3 is 3.00 bits per heavy atom. The highest BCUT2D eigenvalue weighted by molar-refractivity contribution is 4.99. The maximum atomic E-state index is 4.30. The Hall–Kier alpha value is -0.830. The van der Waals surface area contributed by atoms with Gasteiger partial charge in [0.05, 0.1) is 12.7 Å². The average molecular weight is 179 g/mol. The third-order valence-corrected chi connectivity index (χ3v) is 2.83. The summed E-state index contributed by atoms with van der Waals surface area (Å²) < 4.78 is 2.06. The predicted molar refractivity (Wildman–Crippen MR) is 52.6 cm³/mol. The topological polar surface area (TPSA) is 21.1 Å². The first-order valence-electron chi connectivity index (χ1n) is 4.95. The van der Waals surface area contributed by atoms with Crippen molar-refractivity contribution in [3.8, 4) is 0 Å². The standard InChI is InChI=1S/C10H17N3/c1-9-6-11-13(7-9)8-10-4-3-5-12(10)2/h6-7,10H,3-5,8H2,1-2H3/t10-/m1/s1. The van der Waals surface area contributed by atoms with Crippen LogP contribution in [-0.4, -0.2) is 34.3 Å². The molecule has 0 aliphatic carbocycles. The summed E-state index contributed by atoms with van der Waals surface area (Å²) in [5, 5.41) is 4.30. The monoisotopic (exact) mass is 179 g/mol. The van der Waals surface area contributed by atoms with Crippen molar-refractivity contribution < 1.29 is 0 Å². The molecule has 72 valence electrons. The van der Waals surface area contributed by atoms with E-state index in [1.54, 1.807) is 0 Å². The van der Waals surface area contributed by atoms with Crippen LogP contribution in [0.5, 0.6) is 0 Å². The molecule has 1 aliphatic heterocycles. The second-order valence-electron chi connectivity index (χ2n) is 4.02. The Morgan fingerprint density at radius 2 is 2.46 bits per heavy atom. The number of hydrogen-bond acceptors (Lipinski definition) is 2. The maximum absolute atomic E-state index is 4.30. The van der Waals surface area contributed by atoms with Crippen LogP contribution in [0.15, 0.2) is 12.4 Å². The zero-order valence-corrected chi connectivity index (χ0v) is 8.40. The van der Waals surface area contributed by atoms with E-state index in [4.69, 9.17) is 0 Å². The van der Waals surface area contributed by atoms with Crippen molar-refractivity contribution in [2.45, 2.75) is 32.4 Å². The van der Waals surface area contributed by atoms with Crippen molar-refractivity contribution >= 4 is 0 Å². The van der Waals surface area contributed by atoms with E-state index in [-0.39, 0.29) is 0 Å². The van der Waals surface area contributed by atoms with Crippen molar-refractivity contribution in [3.63, 3.8) is 0 Å². The second kappa shape index (κ2) is 3.50. The minimum absolute atomic E-state index is 0.694. The summed E-state index contributed by atoms with van der Waals surface area (Å²) in [4.78, 5) is 2.43. The van der Waals surface area contributed by atoms with Gasteiger partial charge in [-0.3, -0.25) is 4.68 Å². The molecule has 0 spiro atoms. The molecular formula is C10H17N3. The molecular weight excluding hydrogens is 162 g/mol. The summed E-state index contributed by atoms with van der Waals surface area (Å²) in [6, 6.07) is 0.694. The third-order valence-electron chi connectivity index (χ3n) is 2.83. The smallest absolute Gasteiger partial charge is 0.0564 e. The van der Waals surface area contributed by atoms with Crippen LogP contribution in [0.25, 0.3) is 0 Å². The van der Waals surface area contributed by atoms with Crippen molar-refractivity contribution in [2.24, 2.45) is 0 Å². The zero-order valence-electron chi connectivity index (χ0n) is 8.40. The van der Waals surface area contributed by atoms with Crippen LogP contribution < -0.4 is 0 Å². The van der Waals surface area contributed by atoms with E-state index in [0.29, 0.717) is 6.04 Å². The molecule has 1 fully saturated rings. The summed E-state index contributed by atoms with van der Waals surface area (Å²) in [6.45, 7) is 4.37. The van der Waals surface area contributed by atoms with Gasteiger partial charge in [-0.15, -0.1) is 0 Å². The second-order valence-corrected chi connectivity index (χ2v) is 4.02. The van der Waals surface area contributed by atoms with Gasteiger partial charge in [0.25, 0.3) is 0 Å². The minimum atomic E-state index is 0.694. The molecule has 2 rings (SSSR count). The van der Waals surface area contributed by atoms with Crippen LogP contribution in [-0.2, 0) is 6.54 Å². The molecule has 3 heteroatoms. The molecule has 0 unspecified atom stereocenters. The molecule has 1 aromatic rings. The Balaban J connectivity index is 1.97. The lowest BCUT2D eigenvalue weighted by molar-refractivity contribution is 0.274. The fourth-order valence-electron chi connectivity index (χ4n) is 1.99. The Morgan fingerprint density at radius 1 is 1.62 bits per heavy atom. The largest absolute Gasteiger partial charge is 0.302 e. The van der Waals surface area contributed by atoms with Gasteiger partial charge in [0.2, 0.25) is 0 Å². The minimum Gasteiger partial charge on any atom is -0.302 e.